The summed E-state index contributed by atoms with van der Waals surface area (Å²) < 4.78 is 0. The molecule has 1 heterocycles. The SMILES string of the molecule is CN(CC(N)=O)CC1(C=O)CCCCN1C(=O)CCS. The second-order valence-electron chi connectivity index (χ2n) is 5.34. The zero-order chi connectivity index (χ0) is 15.2. The lowest BCUT2D eigenvalue weighted by Crippen LogP contribution is -2.61. The van der Waals surface area contributed by atoms with E-state index in [1.807, 2.05) is 0 Å². The standard InChI is InChI=1S/C13H23N3O3S/c1-15(8-11(14)18)9-13(10-17)5-2-3-6-16(13)12(19)4-7-20/h10,20H,2-9H2,1H3,(H2,14,18). The zero-order valence-corrected chi connectivity index (χ0v) is 12.8. The van der Waals surface area contributed by atoms with Crippen LogP contribution in [-0.4, -0.2) is 65.9 Å². The van der Waals surface area contributed by atoms with Gasteiger partial charge in [-0.1, -0.05) is 0 Å². The van der Waals surface area contributed by atoms with Crippen molar-refractivity contribution in [3.8, 4) is 0 Å². The molecular formula is C13H23N3O3S. The summed E-state index contributed by atoms with van der Waals surface area (Å²) in [6, 6.07) is 0. The highest BCUT2D eigenvalue weighted by Gasteiger charge is 2.42. The van der Waals surface area contributed by atoms with E-state index in [9.17, 15) is 14.4 Å². The molecule has 1 aliphatic rings. The van der Waals surface area contributed by atoms with Crippen LogP contribution >= 0.6 is 12.6 Å². The Morgan fingerprint density at radius 3 is 2.70 bits per heavy atom. The van der Waals surface area contributed by atoms with E-state index in [1.165, 1.54) is 0 Å². The zero-order valence-electron chi connectivity index (χ0n) is 11.9. The van der Waals surface area contributed by atoms with Crippen LogP contribution in [0.3, 0.4) is 0 Å². The van der Waals surface area contributed by atoms with Gasteiger partial charge in [0.2, 0.25) is 11.8 Å². The number of carbonyl (C=O) groups excluding carboxylic acids is 3. The summed E-state index contributed by atoms with van der Waals surface area (Å²) in [4.78, 5) is 38.2. The van der Waals surface area contributed by atoms with E-state index in [0.29, 0.717) is 31.7 Å². The molecule has 1 atom stereocenters. The van der Waals surface area contributed by atoms with Gasteiger partial charge in [-0.2, -0.15) is 12.6 Å². The van der Waals surface area contributed by atoms with Crippen LogP contribution < -0.4 is 5.73 Å². The van der Waals surface area contributed by atoms with Gasteiger partial charge < -0.3 is 15.4 Å². The summed E-state index contributed by atoms with van der Waals surface area (Å²) in [7, 11) is 1.73. The Balaban J connectivity index is 2.87. The van der Waals surface area contributed by atoms with Crippen molar-refractivity contribution in [2.75, 3.05) is 32.4 Å². The number of likely N-dealkylation sites (N-methyl/N-ethyl adjacent to an activating group) is 1. The van der Waals surface area contributed by atoms with Crippen LogP contribution in [0.25, 0.3) is 0 Å². The molecule has 0 aromatic heterocycles. The normalized spacial score (nSPS) is 22.9. The quantitative estimate of drug-likeness (QED) is 0.498. The van der Waals surface area contributed by atoms with Crippen LogP contribution in [0.15, 0.2) is 0 Å². The van der Waals surface area contributed by atoms with Crippen LogP contribution in [0.5, 0.6) is 0 Å². The molecule has 20 heavy (non-hydrogen) atoms. The summed E-state index contributed by atoms with van der Waals surface area (Å²) in [5, 5.41) is 0. The second kappa shape index (κ2) is 7.64. The molecule has 0 bridgehead atoms. The molecule has 0 spiro atoms. The first-order chi connectivity index (χ1) is 9.45. The lowest BCUT2D eigenvalue weighted by molar-refractivity contribution is -0.145. The lowest BCUT2D eigenvalue weighted by atomic mass is 9.87. The third kappa shape index (κ3) is 4.21. The van der Waals surface area contributed by atoms with E-state index in [2.05, 4.69) is 12.6 Å². The lowest BCUT2D eigenvalue weighted by Gasteiger charge is -2.45. The number of nitrogens with two attached hydrogens (primary N) is 1. The minimum Gasteiger partial charge on any atom is -0.369 e. The van der Waals surface area contributed by atoms with Crippen LogP contribution in [0.4, 0.5) is 0 Å². The number of primary amides is 1. The first-order valence-corrected chi connectivity index (χ1v) is 7.43. The summed E-state index contributed by atoms with van der Waals surface area (Å²) in [5.74, 6) is -0.0432. The number of carbonyl (C=O) groups is 3. The van der Waals surface area contributed by atoms with Crippen molar-refractivity contribution in [2.24, 2.45) is 5.73 Å². The largest absolute Gasteiger partial charge is 0.369 e. The monoisotopic (exact) mass is 301 g/mol. The van der Waals surface area contributed by atoms with Crippen molar-refractivity contribution in [3.05, 3.63) is 0 Å². The first kappa shape index (κ1) is 17.0. The van der Waals surface area contributed by atoms with Gasteiger partial charge in [-0.3, -0.25) is 14.5 Å². The number of aldehydes is 1. The minimum absolute atomic E-state index is 0.0562. The van der Waals surface area contributed by atoms with E-state index in [4.69, 9.17) is 5.73 Å². The van der Waals surface area contributed by atoms with Crippen molar-refractivity contribution in [1.82, 2.24) is 9.80 Å². The minimum atomic E-state index is -0.845. The summed E-state index contributed by atoms with van der Waals surface area (Å²) >= 11 is 4.07. The summed E-state index contributed by atoms with van der Waals surface area (Å²) in [6.45, 7) is 0.984. The molecule has 0 aromatic rings. The van der Waals surface area contributed by atoms with Gasteiger partial charge in [0, 0.05) is 19.5 Å². The number of piperidine rings is 1. The Labute approximate surface area is 125 Å². The molecule has 2 amide bonds. The molecule has 0 aromatic carbocycles. The van der Waals surface area contributed by atoms with Gasteiger partial charge in [-0.25, -0.2) is 0 Å². The molecule has 0 aliphatic carbocycles. The van der Waals surface area contributed by atoms with Gasteiger partial charge in [0.1, 0.15) is 11.8 Å². The van der Waals surface area contributed by atoms with Crippen molar-refractivity contribution >= 4 is 30.7 Å². The highest BCUT2D eigenvalue weighted by molar-refractivity contribution is 7.80. The number of hydrogen-bond acceptors (Lipinski definition) is 5. The Hall–Kier alpha value is -1.08. The molecule has 1 unspecified atom stereocenters. The van der Waals surface area contributed by atoms with Crippen LogP contribution in [0.2, 0.25) is 0 Å². The van der Waals surface area contributed by atoms with Crippen LogP contribution in [0.1, 0.15) is 25.7 Å². The van der Waals surface area contributed by atoms with Gasteiger partial charge in [-0.15, -0.1) is 0 Å². The Morgan fingerprint density at radius 2 is 2.15 bits per heavy atom. The highest BCUT2D eigenvalue weighted by Crippen LogP contribution is 2.28. The van der Waals surface area contributed by atoms with Gasteiger partial charge in [0.15, 0.2) is 0 Å². The summed E-state index contributed by atoms with van der Waals surface area (Å²) in [5.41, 5.74) is 4.32. The molecule has 1 rings (SSSR count). The van der Waals surface area contributed by atoms with Crippen molar-refractivity contribution in [3.63, 3.8) is 0 Å². The molecule has 1 fully saturated rings. The number of thiol groups is 1. The first-order valence-electron chi connectivity index (χ1n) is 6.79. The third-order valence-corrected chi connectivity index (χ3v) is 3.82. The average Bonchev–Trinajstić information content (AvgIpc) is 2.38. The Kier molecular flexibility index (Phi) is 6.48. The highest BCUT2D eigenvalue weighted by atomic mass is 32.1. The van der Waals surface area contributed by atoms with Crippen LogP contribution in [-0.2, 0) is 14.4 Å². The topological polar surface area (TPSA) is 83.7 Å². The molecule has 0 radical (unpaired) electrons. The number of amides is 2. The predicted molar refractivity (Wildman–Crippen MR) is 79.5 cm³/mol. The fourth-order valence-corrected chi connectivity index (χ4v) is 2.97. The molecule has 6 nitrogen and oxygen atoms in total. The van der Waals surface area contributed by atoms with E-state index >= 15 is 0 Å². The number of hydrogen-bond donors (Lipinski definition) is 2. The van der Waals surface area contributed by atoms with Gasteiger partial charge >= 0.3 is 0 Å². The fraction of sp³-hybridized carbons (Fsp3) is 0.769. The number of nitrogens with zero attached hydrogens (tertiary/aromatic N) is 2. The Morgan fingerprint density at radius 1 is 1.45 bits per heavy atom. The van der Waals surface area contributed by atoms with Gasteiger partial charge in [0.05, 0.1) is 6.54 Å². The molecule has 1 aliphatic heterocycles. The van der Waals surface area contributed by atoms with Gasteiger partial charge in [0.25, 0.3) is 0 Å². The second-order valence-corrected chi connectivity index (χ2v) is 5.78. The number of likely N-dealkylation sites (tertiary alicyclic amines) is 1. The van der Waals surface area contributed by atoms with E-state index in [-0.39, 0.29) is 12.5 Å². The predicted octanol–water partition coefficient (Wildman–Crippen LogP) is -0.326. The molecule has 2 N–H and O–H groups in total. The van der Waals surface area contributed by atoms with Crippen LogP contribution in [0, 0.1) is 0 Å². The molecule has 7 heteroatoms. The molecule has 1 saturated heterocycles. The van der Waals surface area contributed by atoms with Crippen molar-refractivity contribution in [2.45, 2.75) is 31.2 Å². The van der Waals surface area contributed by atoms with E-state index in [0.717, 1.165) is 19.1 Å². The van der Waals surface area contributed by atoms with Gasteiger partial charge in [-0.05, 0) is 32.1 Å². The maximum Gasteiger partial charge on any atom is 0.231 e. The Bertz CT molecular complexity index is 378. The third-order valence-electron chi connectivity index (χ3n) is 3.59. The fourth-order valence-electron chi connectivity index (χ4n) is 2.78. The van der Waals surface area contributed by atoms with Crippen molar-refractivity contribution < 1.29 is 14.4 Å². The van der Waals surface area contributed by atoms with Crippen molar-refractivity contribution in [1.29, 1.82) is 0 Å². The summed E-state index contributed by atoms with van der Waals surface area (Å²) in [6.07, 6.45) is 3.58. The maximum absolute atomic E-state index is 12.2. The smallest absolute Gasteiger partial charge is 0.231 e. The average molecular weight is 301 g/mol. The molecule has 0 saturated carbocycles. The van der Waals surface area contributed by atoms with E-state index < -0.39 is 11.4 Å². The molecule has 114 valence electrons. The molecular weight excluding hydrogens is 278 g/mol. The number of rotatable bonds is 7. The maximum atomic E-state index is 12.2. The van der Waals surface area contributed by atoms with E-state index in [1.54, 1.807) is 16.8 Å².